The van der Waals surface area contributed by atoms with Crippen molar-refractivity contribution in [3.8, 4) is 0 Å². The Morgan fingerprint density at radius 2 is 1.94 bits per heavy atom. The second-order valence-electron chi connectivity index (χ2n) is 3.87. The lowest BCUT2D eigenvalue weighted by Gasteiger charge is -2.09. The van der Waals surface area contributed by atoms with E-state index in [1.165, 1.54) is 0 Å². The van der Waals surface area contributed by atoms with Crippen LogP contribution in [0, 0.1) is 5.92 Å². The van der Waals surface area contributed by atoms with E-state index in [1.807, 2.05) is 13.8 Å². The minimum atomic E-state index is -0.147. The fraction of sp³-hybridized carbons (Fsp3) is 0.917. The quantitative estimate of drug-likeness (QED) is 0.460. The monoisotopic (exact) mass is 232 g/mol. The van der Waals surface area contributed by atoms with Gasteiger partial charge in [0.2, 0.25) is 0 Å². The van der Waals surface area contributed by atoms with E-state index in [9.17, 15) is 4.79 Å². The lowest BCUT2D eigenvalue weighted by Crippen LogP contribution is -2.17. The highest BCUT2D eigenvalue weighted by Gasteiger charge is 2.10. The highest BCUT2D eigenvalue weighted by Crippen LogP contribution is 2.02. The predicted octanol–water partition coefficient (Wildman–Crippen LogP) is 1.75. The lowest BCUT2D eigenvalue weighted by molar-refractivity contribution is -0.149. The van der Waals surface area contributed by atoms with Crippen molar-refractivity contribution < 1.29 is 19.4 Å². The van der Waals surface area contributed by atoms with E-state index in [2.05, 4.69) is 0 Å². The Kier molecular flexibility index (Phi) is 10.5. The van der Waals surface area contributed by atoms with E-state index < -0.39 is 0 Å². The first-order valence-electron chi connectivity index (χ1n) is 6.07. The highest BCUT2D eigenvalue weighted by molar-refractivity contribution is 5.71. The molecule has 0 fully saturated rings. The maximum atomic E-state index is 11.2. The number of unbranched alkanes of at least 4 members (excludes halogenated alkanes) is 2. The average molecular weight is 232 g/mol. The smallest absolute Gasteiger partial charge is 0.308 e. The molecule has 0 rings (SSSR count). The fourth-order valence-electron chi connectivity index (χ4n) is 1.10. The molecule has 0 aromatic carbocycles. The Morgan fingerprint density at radius 3 is 2.56 bits per heavy atom. The van der Waals surface area contributed by atoms with Crippen LogP contribution in [0.1, 0.15) is 39.5 Å². The summed E-state index contributed by atoms with van der Waals surface area (Å²) in [6, 6.07) is 0. The molecule has 96 valence electrons. The summed E-state index contributed by atoms with van der Waals surface area (Å²) in [4.78, 5) is 11.2. The Morgan fingerprint density at radius 1 is 1.19 bits per heavy atom. The molecule has 0 aliphatic rings. The zero-order valence-corrected chi connectivity index (χ0v) is 10.4. The number of hydrogen-bond donors (Lipinski definition) is 1. The Labute approximate surface area is 97.9 Å². The van der Waals surface area contributed by atoms with E-state index >= 15 is 0 Å². The van der Waals surface area contributed by atoms with Crippen molar-refractivity contribution in [1.82, 2.24) is 0 Å². The molecule has 0 saturated heterocycles. The largest absolute Gasteiger partial charge is 0.463 e. The number of hydrogen-bond acceptors (Lipinski definition) is 4. The molecule has 4 heteroatoms. The lowest BCUT2D eigenvalue weighted by atomic mass is 10.1. The molecule has 1 atom stereocenters. The van der Waals surface area contributed by atoms with Crippen molar-refractivity contribution in [2.45, 2.75) is 39.5 Å². The fourth-order valence-corrected chi connectivity index (χ4v) is 1.10. The van der Waals surface area contributed by atoms with Crippen LogP contribution < -0.4 is 0 Å². The van der Waals surface area contributed by atoms with E-state index in [0.29, 0.717) is 19.8 Å². The molecule has 4 nitrogen and oxygen atoms in total. The van der Waals surface area contributed by atoms with Crippen LogP contribution in [0.5, 0.6) is 0 Å². The van der Waals surface area contributed by atoms with Gasteiger partial charge < -0.3 is 14.6 Å². The van der Waals surface area contributed by atoms with Gasteiger partial charge in [0, 0.05) is 13.2 Å². The molecular weight excluding hydrogens is 208 g/mol. The van der Waals surface area contributed by atoms with E-state index in [-0.39, 0.29) is 18.5 Å². The van der Waals surface area contributed by atoms with Gasteiger partial charge in [-0.05, 0) is 25.7 Å². The van der Waals surface area contributed by atoms with Gasteiger partial charge in [-0.2, -0.15) is 0 Å². The number of carbonyl (C=O) groups excluding carboxylic acids is 1. The molecule has 0 aromatic heterocycles. The first kappa shape index (κ1) is 15.4. The summed E-state index contributed by atoms with van der Waals surface area (Å²) >= 11 is 0. The number of carbonyl (C=O) groups is 1. The van der Waals surface area contributed by atoms with Crippen LogP contribution in [0.2, 0.25) is 0 Å². The molecule has 0 saturated carbocycles. The second-order valence-corrected chi connectivity index (χ2v) is 3.87. The maximum absolute atomic E-state index is 11.2. The van der Waals surface area contributed by atoms with E-state index in [4.69, 9.17) is 14.6 Å². The van der Waals surface area contributed by atoms with Crippen LogP contribution in [0.25, 0.3) is 0 Å². The highest BCUT2D eigenvalue weighted by atomic mass is 16.6. The minimum Gasteiger partial charge on any atom is -0.463 e. The van der Waals surface area contributed by atoms with Crippen molar-refractivity contribution in [3.05, 3.63) is 0 Å². The number of aliphatic hydroxyl groups excluding tert-OH is 1. The van der Waals surface area contributed by atoms with Crippen LogP contribution in [0.4, 0.5) is 0 Å². The molecule has 0 spiro atoms. The third-order valence-electron chi connectivity index (χ3n) is 2.43. The first-order chi connectivity index (χ1) is 7.72. The zero-order valence-electron chi connectivity index (χ0n) is 10.4. The maximum Gasteiger partial charge on any atom is 0.308 e. The Bertz CT molecular complexity index is 170. The van der Waals surface area contributed by atoms with E-state index in [0.717, 1.165) is 25.7 Å². The standard InChI is InChI=1S/C12H24O4/c1-3-11(2)12(14)16-10-9-15-8-6-4-5-7-13/h11,13H,3-10H2,1-2H3. The van der Waals surface area contributed by atoms with Gasteiger partial charge in [0.1, 0.15) is 6.61 Å². The molecule has 0 aliphatic heterocycles. The van der Waals surface area contributed by atoms with Crippen molar-refractivity contribution >= 4 is 5.97 Å². The Hall–Kier alpha value is -0.610. The predicted molar refractivity (Wildman–Crippen MR) is 62.2 cm³/mol. The molecule has 0 heterocycles. The van der Waals surface area contributed by atoms with Crippen molar-refractivity contribution in [1.29, 1.82) is 0 Å². The van der Waals surface area contributed by atoms with Crippen LogP contribution in [-0.2, 0) is 14.3 Å². The molecule has 1 N–H and O–H groups in total. The minimum absolute atomic E-state index is 0.0236. The topological polar surface area (TPSA) is 55.8 Å². The van der Waals surface area contributed by atoms with Crippen LogP contribution in [-0.4, -0.2) is 37.5 Å². The first-order valence-corrected chi connectivity index (χ1v) is 6.07. The van der Waals surface area contributed by atoms with Gasteiger partial charge in [-0.25, -0.2) is 0 Å². The van der Waals surface area contributed by atoms with Gasteiger partial charge in [0.15, 0.2) is 0 Å². The second kappa shape index (κ2) is 10.9. The zero-order chi connectivity index (χ0) is 12.2. The molecular formula is C12H24O4. The van der Waals surface area contributed by atoms with Gasteiger partial charge in [0.25, 0.3) is 0 Å². The normalized spacial score (nSPS) is 12.4. The summed E-state index contributed by atoms with van der Waals surface area (Å²) in [6.45, 7) is 5.53. The summed E-state index contributed by atoms with van der Waals surface area (Å²) in [5, 5.41) is 8.55. The van der Waals surface area contributed by atoms with Gasteiger partial charge in [-0.3, -0.25) is 4.79 Å². The number of ether oxygens (including phenoxy) is 2. The van der Waals surface area contributed by atoms with Crippen molar-refractivity contribution in [2.24, 2.45) is 5.92 Å². The van der Waals surface area contributed by atoms with Crippen LogP contribution in [0.15, 0.2) is 0 Å². The summed E-state index contributed by atoms with van der Waals surface area (Å²) in [5.41, 5.74) is 0. The van der Waals surface area contributed by atoms with Crippen LogP contribution in [0.3, 0.4) is 0 Å². The molecule has 0 radical (unpaired) electrons. The average Bonchev–Trinajstić information content (AvgIpc) is 2.31. The molecule has 1 unspecified atom stereocenters. The SMILES string of the molecule is CCC(C)C(=O)OCCOCCCCCO. The van der Waals surface area contributed by atoms with Gasteiger partial charge >= 0.3 is 5.97 Å². The number of rotatable bonds is 10. The van der Waals surface area contributed by atoms with Gasteiger partial charge in [0.05, 0.1) is 12.5 Å². The molecule has 16 heavy (non-hydrogen) atoms. The molecule has 0 aromatic rings. The van der Waals surface area contributed by atoms with E-state index in [1.54, 1.807) is 0 Å². The summed E-state index contributed by atoms with van der Waals surface area (Å²) in [6.07, 6.45) is 3.55. The summed E-state index contributed by atoms with van der Waals surface area (Å²) in [5.74, 6) is -0.170. The molecule has 0 amide bonds. The van der Waals surface area contributed by atoms with Crippen molar-refractivity contribution in [2.75, 3.05) is 26.4 Å². The summed E-state index contributed by atoms with van der Waals surface area (Å²) < 4.78 is 10.3. The van der Waals surface area contributed by atoms with Crippen LogP contribution >= 0.6 is 0 Å². The van der Waals surface area contributed by atoms with Crippen molar-refractivity contribution in [3.63, 3.8) is 0 Å². The van der Waals surface area contributed by atoms with Gasteiger partial charge in [-0.1, -0.05) is 13.8 Å². The van der Waals surface area contributed by atoms with Gasteiger partial charge in [-0.15, -0.1) is 0 Å². The third kappa shape index (κ3) is 8.68. The Balaban J connectivity index is 3.18. The summed E-state index contributed by atoms with van der Waals surface area (Å²) in [7, 11) is 0. The molecule has 0 aliphatic carbocycles. The number of aliphatic hydroxyl groups is 1. The third-order valence-corrected chi connectivity index (χ3v) is 2.43. The molecule has 0 bridgehead atoms. The number of esters is 1.